The van der Waals surface area contributed by atoms with Crippen molar-refractivity contribution in [2.75, 3.05) is 6.54 Å². The number of nitrogens with zero attached hydrogens (tertiary/aromatic N) is 3. The smallest absolute Gasteiger partial charge is 0.333 e. The molecule has 0 heterocycles. The molecule has 0 radical (unpaired) electrons. The molecule has 0 aromatic heterocycles. The number of hydrogen-bond donors (Lipinski definition) is 1. The summed E-state index contributed by atoms with van der Waals surface area (Å²) in [6, 6.07) is -0.00595. The monoisotopic (exact) mass is 308 g/mol. The number of allylic oxidation sites excluding steroid dienone is 3. The highest BCUT2D eigenvalue weighted by Crippen LogP contribution is 2.24. The van der Waals surface area contributed by atoms with Crippen LogP contribution in [0.5, 0.6) is 0 Å². The van der Waals surface area contributed by atoms with E-state index in [1.165, 1.54) is 5.01 Å². The van der Waals surface area contributed by atoms with Crippen molar-refractivity contribution in [3.05, 3.63) is 36.0 Å². The van der Waals surface area contributed by atoms with Gasteiger partial charge in [-0.3, -0.25) is 4.99 Å². The van der Waals surface area contributed by atoms with Crippen LogP contribution in [-0.2, 0) is 0 Å². The molecule has 5 nitrogen and oxygen atoms in total. The normalized spacial score (nSPS) is 16.6. The molecule has 0 saturated heterocycles. The summed E-state index contributed by atoms with van der Waals surface area (Å²) in [5.74, 6) is 0. The molecule has 1 rings (SSSR count). The quantitative estimate of drug-likeness (QED) is 0.437. The minimum Gasteiger partial charge on any atom is -0.333 e. The van der Waals surface area contributed by atoms with Crippen LogP contribution < -0.4 is 5.32 Å². The van der Waals surface area contributed by atoms with Gasteiger partial charge in [0, 0.05) is 30.2 Å². The van der Waals surface area contributed by atoms with E-state index < -0.39 is 0 Å². The summed E-state index contributed by atoms with van der Waals surface area (Å²) in [5, 5.41) is 9.05. The van der Waals surface area contributed by atoms with Gasteiger partial charge < -0.3 is 5.32 Å². The largest absolute Gasteiger partial charge is 0.338 e. The first-order chi connectivity index (χ1) is 10.1. The zero-order valence-electron chi connectivity index (χ0n) is 12.2. The molecule has 0 aromatic rings. The number of hydrazone groups is 1. The van der Waals surface area contributed by atoms with Crippen LogP contribution in [0.2, 0.25) is 0 Å². The number of halogens is 1. The van der Waals surface area contributed by atoms with Crippen molar-refractivity contribution in [1.29, 1.82) is 0 Å². The number of nitrogens with one attached hydrogen (secondary N) is 1. The molecule has 1 N–H and O–H groups in total. The highest BCUT2D eigenvalue weighted by Gasteiger charge is 2.28. The molecule has 1 saturated carbocycles. The summed E-state index contributed by atoms with van der Waals surface area (Å²) in [6.07, 6.45) is 12.9. The van der Waals surface area contributed by atoms with Crippen molar-refractivity contribution in [3.8, 4) is 0 Å². The van der Waals surface area contributed by atoms with Gasteiger partial charge in [-0.1, -0.05) is 17.7 Å². The Kier molecular flexibility index (Phi) is 8.12. The molecule has 6 heteroatoms. The summed E-state index contributed by atoms with van der Waals surface area (Å²) < 4.78 is 0. The predicted octanol–water partition coefficient (Wildman–Crippen LogP) is 3.45. The van der Waals surface area contributed by atoms with Crippen molar-refractivity contribution in [3.63, 3.8) is 0 Å². The summed E-state index contributed by atoms with van der Waals surface area (Å²) in [4.78, 5) is 15.9. The zero-order valence-corrected chi connectivity index (χ0v) is 13.0. The van der Waals surface area contributed by atoms with E-state index in [0.29, 0.717) is 11.6 Å². The van der Waals surface area contributed by atoms with E-state index in [0.717, 1.165) is 19.3 Å². The molecule has 1 fully saturated rings. The Morgan fingerprint density at radius 1 is 1.43 bits per heavy atom. The molecule has 0 unspecified atom stereocenters. The second-order valence-corrected chi connectivity index (χ2v) is 5.16. The molecule has 1 aliphatic rings. The number of carbonyl (C=O) groups is 1. The molecule has 0 bridgehead atoms. The van der Waals surface area contributed by atoms with Crippen molar-refractivity contribution < 1.29 is 4.79 Å². The maximum absolute atomic E-state index is 12.0. The van der Waals surface area contributed by atoms with Gasteiger partial charge in [0.2, 0.25) is 0 Å². The van der Waals surface area contributed by atoms with E-state index in [-0.39, 0.29) is 12.1 Å². The molecular formula is C15H21ClN4O. The first kappa shape index (κ1) is 17.2. The van der Waals surface area contributed by atoms with Gasteiger partial charge in [0.25, 0.3) is 0 Å². The third kappa shape index (κ3) is 6.90. The molecule has 2 amide bonds. The Bertz CT molecular complexity index is 460. The average Bonchev–Trinajstić information content (AvgIpc) is 2.39. The van der Waals surface area contributed by atoms with Crippen molar-refractivity contribution in [1.82, 2.24) is 10.3 Å². The molecule has 1 aliphatic carbocycles. The summed E-state index contributed by atoms with van der Waals surface area (Å²) in [5.41, 5.74) is 0. The first-order valence-corrected chi connectivity index (χ1v) is 7.25. The fraction of sp³-hybridized carbons (Fsp3) is 0.400. The van der Waals surface area contributed by atoms with Crippen LogP contribution in [0.25, 0.3) is 0 Å². The van der Waals surface area contributed by atoms with E-state index in [2.05, 4.69) is 22.0 Å². The Hall–Kier alpha value is -1.88. The third-order valence-corrected chi connectivity index (χ3v) is 2.94. The van der Waals surface area contributed by atoms with E-state index in [1.807, 2.05) is 0 Å². The standard InChI is InChI=1S/C15H21ClN4O/c1-3-9-18-15(21)20(14-7-6-8-14)19-11-5-4-10-17-12-13(2)16/h3-5,10-12,14H,1,6-9H2,2H3,(H,18,21)/b5-4+,13-12+,17-10-,19-11+. The van der Waals surface area contributed by atoms with Crippen LogP contribution >= 0.6 is 11.6 Å². The lowest BCUT2D eigenvalue weighted by Gasteiger charge is -2.33. The molecule has 21 heavy (non-hydrogen) atoms. The van der Waals surface area contributed by atoms with Crippen LogP contribution in [0.4, 0.5) is 4.79 Å². The van der Waals surface area contributed by atoms with Crippen molar-refractivity contribution >= 4 is 30.1 Å². The van der Waals surface area contributed by atoms with Gasteiger partial charge in [-0.15, -0.1) is 6.58 Å². The van der Waals surface area contributed by atoms with Crippen LogP contribution in [-0.4, -0.2) is 36.1 Å². The summed E-state index contributed by atoms with van der Waals surface area (Å²) in [6.45, 7) is 5.76. The number of amides is 2. The second kappa shape index (κ2) is 9.94. The average molecular weight is 309 g/mol. The predicted molar refractivity (Wildman–Crippen MR) is 88.8 cm³/mol. The molecule has 114 valence electrons. The SMILES string of the molecule is C=CCNC(=O)N(/N=C/C=C/C=N\C=C(/C)Cl)C1CCC1. The molecule has 0 aliphatic heterocycles. The molecular weight excluding hydrogens is 288 g/mol. The molecule has 0 spiro atoms. The van der Waals surface area contributed by atoms with Gasteiger partial charge in [0.15, 0.2) is 0 Å². The zero-order chi connectivity index (χ0) is 15.5. The van der Waals surface area contributed by atoms with Crippen LogP contribution in [0.15, 0.2) is 46.1 Å². The van der Waals surface area contributed by atoms with E-state index >= 15 is 0 Å². The Balaban J connectivity index is 2.51. The van der Waals surface area contributed by atoms with Crippen molar-refractivity contribution in [2.24, 2.45) is 10.1 Å². The minimum absolute atomic E-state index is 0.190. The lowest BCUT2D eigenvalue weighted by Crippen LogP contribution is -2.45. The van der Waals surface area contributed by atoms with E-state index in [9.17, 15) is 4.79 Å². The highest BCUT2D eigenvalue weighted by molar-refractivity contribution is 6.29. The van der Waals surface area contributed by atoms with E-state index in [4.69, 9.17) is 11.6 Å². The van der Waals surface area contributed by atoms with Crippen LogP contribution in [0.1, 0.15) is 26.2 Å². The maximum Gasteiger partial charge on any atom is 0.338 e. The van der Waals surface area contributed by atoms with Crippen LogP contribution in [0.3, 0.4) is 0 Å². The Morgan fingerprint density at radius 2 is 2.14 bits per heavy atom. The maximum atomic E-state index is 12.0. The van der Waals surface area contributed by atoms with Gasteiger partial charge >= 0.3 is 6.03 Å². The summed E-state index contributed by atoms with van der Waals surface area (Å²) >= 11 is 5.63. The molecule has 0 atom stereocenters. The minimum atomic E-state index is -0.196. The van der Waals surface area contributed by atoms with Gasteiger partial charge in [-0.25, -0.2) is 9.80 Å². The number of carbonyl (C=O) groups excluding carboxylic acids is 1. The van der Waals surface area contributed by atoms with Gasteiger partial charge in [0.1, 0.15) is 0 Å². The summed E-state index contributed by atoms with van der Waals surface area (Å²) in [7, 11) is 0. The Morgan fingerprint density at radius 3 is 2.71 bits per heavy atom. The second-order valence-electron chi connectivity index (χ2n) is 4.57. The van der Waals surface area contributed by atoms with Crippen LogP contribution in [0, 0.1) is 0 Å². The van der Waals surface area contributed by atoms with E-state index in [1.54, 1.807) is 43.8 Å². The lowest BCUT2D eigenvalue weighted by atomic mass is 9.93. The Labute approximate surface area is 130 Å². The lowest BCUT2D eigenvalue weighted by molar-refractivity contribution is 0.142. The van der Waals surface area contributed by atoms with Crippen molar-refractivity contribution in [2.45, 2.75) is 32.2 Å². The number of urea groups is 1. The van der Waals surface area contributed by atoms with Gasteiger partial charge in [-0.05, 0) is 38.3 Å². The van der Waals surface area contributed by atoms with Gasteiger partial charge in [0.05, 0.1) is 6.04 Å². The number of aliphatic imine (C=N–C) groups is 1. The fourth-order valence-electron chi connectivity index (χ4n) is 1.59. The first-order valence-electron chi connectivity index (χ1n) is 6.87. The number of rotatable bonds is 7. The molecule has 0 aromatic carbocycles. The third-order valence-electron chi connectivity index (χ3n) is 2.84. The fourth-order valence-corrected chi connectivity index (χ4v) is 1.65. The number of hydrogen-bond acceptors (Lipinski definition) is 3. The van der Waals surface area contributed by atoms with Gasteiger partial charge in [-0.2, -0.15) is 5.10 Å². The highest BCUT2D eigenvalue weighted by atomic mass is 35.5. The topological polar surface area (TPSA) is 57.1 Å².